The number of benzene rings is 2. The summed E-state index contributed by atoms with van der Waals surface area (Å²) in [6, 6.07) is 11.2. The molecule has 0 unspecified atom stereocenters. The lowest BCUT2D eigenvalue weighted by Crippen LogP contribution is -2.17. The van der Waals surface area contributed by atoms with Gasteiger partial charge in [-0.1, -0.05) is 41.0 Å². The molecule has 0 saturated heterocycles. The number of terminal acetylenes is 1. The molecular weight excluding hydrogens is 372 g/mol. The van der Waals surface area contributed by atoms with Crippen molar-refractivity contribution in [1.29, 1.82) is 0 Å². The van der Waals surface area contributed by atoms with E-state index < -0.39 is 5.97 Å². The number of hydrogen-bond donors (Lipinski definition) is 0. The van der Waals surface area contributed by atoms with Gasteiger partial charge in [-0.3, -0.25) is 4.79 Å². The molecule has 0 atom stereocenters. The summed E-state index contributed by atoms with van der Waals surface area (Å²) in [7, 11) is 1.34. The van der Waals surface area contributed by atoms with Crippen LogP contribution in [0.15, 0.2) is 41.4 Å². The van der Waals surface area contributed by atoms with Gasteiger partial charge in [-0.2, -0.15) is 4.99 Å². The Bertz CT molecular complexity index is 1180. The fourth-order valence-corrected chi connectivity index (χ4v) is 4.03. The van der Waals surface area contributed by atoms with E-state index in [1.54, 1.807) is 18.2 Å². The molecule has 0 aliphatic heterocycles. The second-order valence-corrected chi connectivity index (χ2v) is 7.47. The zero-order valence-corrected chi connectivity index (χ0v) is 16.8. The molecule has 3 rings (SSSR count). The van der Waals surface area contributed by atoms with Gasteiger partial charge in [-0.15, -0.1) is 6.42 Å². The number of hydrogen-bond acceptors (Lipinski definition) is 4. The maximum Gasteiger partial charge on any atom is 0.337 e. The second-order valence-electron chi connectivity index (χ2n) is 6.46. The van der Waals surface area contributed by atoms with Crippen molar-refractivity contribution in [2.75, 3.05) is 7.11 Å². The van der Waals surface area contributed by atoms with Crippen LogP contribution in [0.3, 0.4) is 0 Å². The second kappa shape index (κ2) is 8.24. The van der Waals surface area contributed by atoms with E-state index in [0.717, 1.165) is 26.9 Å². The molecule has 0 aliphatic rings. The van der Waals surface area contributed by atoms with Crippen LogP contribution in [0.1, 0.15) is 27.0 Å². The SMILES string of the molecule is C#CCn1c(=NC(=O)Cc2cc(C)ccc2C)sc2cc(C(=O)OC)ccc21. The molecule has 1 heterocycles. The number of carbonyl (C=O) groups excluding carboxylic acids is 2. The molecule has 0 N–H and O–H groups in total. The highest BCUT2D eigenvalue weighted by molar-refractivity contribution is 7.16. The number of ether oxygens (including phenoxy) is 1. The molecule has 1 aromatic heterocycles. The topological polar surface area (TPSA) is 60.7 Å². The van der Waals surface area contributed by atoms with E-state index in [4.69, 9.17) is 11.2 Å². The predicted molar refractivity (Wildman–Crippen MR) is 110 cm³/mol. The average Bonchev–Trinajstić information content (AvgIpc) is 3.00. The normalized spacial score (nSPS) is 11.4. The van der Waals surface area contributed by atoms with Gasteiger partial charge in [-0.05, 0) is 43.2 Å². The van der Waals surface area contributed by atoms with Crippen molar-refractivity contribution in [3.05, 3.63) is 63.5 Å². The van der Waals surface area contributed by atoms with Crippen LogP contribution in [0.5, 0.6) is 0 Å². The lowest BCUT2D eigenvalue weighted by atomic mass is 10.0. The quantitative estimate of drug-likeness (QED) is 0.505. The molecular formula is C22H20N2O3S. The molecule has 142 valence electrons. The maximum absolute atomic E-state index is 12.6. The lowest BCUT2D eigenvalue weighted by Gasteiger charge is -2.04. The highest BCUT2D eigenvalue weighted by atomic mass is 32.1. The van der Waals surface area contributed by atoms with E-state index in [0.29, 0.717) is 10.4 Å². The largest absolute Gasteiger partial charge is 0.465 e. The zero-order chi connectivity index (χ0) is 20.3. The first-order chi connectivity index (χ1) is 13.4. The number of rotatable bonds is 4. The summed E-state index contributed by atoms with van der Waals surface area (Å²) in [5.74, 6) is 1.95. The molecule has 0 aliphatic carbocycles. The molecule has 28 heavy (non-hydrogen) atoms. The third-order valence-electron chi connectivity index (χ3n) is 4.42. The monoisotopic (exact) mass is 392 g/mol. The minimum Gasteiger partial charge on any atom is -0.465 e. The number of aromatic nitrogens is 1. The minimum absolute atomic E-state index is 0.227. The van der Waals surface area contributed by atoms with Crippen LogP contribution < -0.4 is 4.80 Å². The third kappa shape index (κ3) is 4.05. The Kier molecular flexibility index (Phi) is 5.76. The third-order valence-corrected chi connectivity index (χ3v) is 5.46. The highest BCUT2D eigenvalue weighted by Gasteiger charge is 2.12. The van der Waals surface area contributed by atoms with Gasteiger partial charge in [0.05, 0.1) is 35.9 Å². The van der Waals surface area contributed by atoms with Gasteiger partial charge in [0.15, 0.2) is 4.80 Å². The summed E-state index contributed by atoms with van der Waals surface area (Å²) in [6.07, 6.45) is 5.73. The van der Waals surface area contributed by atoms with Crippen LogP contribution in [0.4, 0.5) is 0 Å². The Hall–Kier alpha value is -3.17. The van der Waals surface area contributed by atoms with Crippen molar-refractivity contribution in [2.45, 2.75) is 26.8 Å². The molecule has 0 fully saturated rings. The van der Waals surface area contributed by atoms with Gasteiger partial charge >= 0.3 is 5.97 Å². The van der Waals surface area contributed by atoms with Crippen molar-refractivity contribution in [1.82, 2.24) is 4.57 Å². The van der Waals surface area contributed by atoms with Crippen LogP contribution in [0, 0.1) is 26.2 Å². The van der Waals surface area contributed by atoms with Gasteiger partial charge in [-0.25, -0.2) is 4.79 Å². The molecule has 0 spiro atoms. The summed E-state index contributed by atoms with van der Waals surface area (Å²) in [5.41, 5.74) is 4.40. The number of aryl methyl sites for hydroxylation is 2. The van der Waals surface area contributed by atoms with Crippen LogP contribution >= 0.6 is 11.3 Å². The number of thiazole rings is 1. The number of fused-ring (bicyclic) bond motifs is 1. The van der Waals surface area contributed by atoms with Crippen LogP contribution in [-0.4, -0.2) is 23.6 Å². The van der Waals surface area contributed by atoms with Crippen molar-refractivity contribution < 1.29 is 14.3 Å². The van der Waals surface area contributed by atoms with Crippen molar-refractivity contribution in [3.8, 4) is 12.3 Å². The molecule has 6 heteroatoms. The number of amides is 1. The van der Waals surface area contributed by atoms with E-state index in [1.807, 2.05) is 36.6 Å². The van der Waals surface area contributed by atoms with Crippen molar-refractivity contribution >= 4 is 33.4 Å². The molecule has 0 radical (unpaired) electrons. The summed E-state index contributed by atoms with van der Waals surface area (Å²) >= 11 is 1.32. The molecule has 1 amide bonds. The summed E-state index contributed by atoms with van der Waals surface area (Å²) in [5, 5.41) is 0. The number of carbonyl (C=O) groups is 2. The highest BCUT2D eigenvalue weighted by Crippen LogP contribution is 2.20. The Labute approximate surface area is 167 Å². The van der Waals surface area contributed by atoms with E-state index >= 15 is 0 Å². The average molecular weight is 392 g/mol. The van der Waals surface area contributed by atoms with E-state index in [2.05, 4.69) is 10.9 Å². The van der Waals surface area contributed by atoms with Crippen LogP contribution in [0.25, 0.3) is 10.2 Å². The van der Waals surface area contributed by atoms with E-state index in [1.165, 1.54) is 18.4 Å². The summed E-state index contributed by atoms with van der Waals surface area (Å²) in [6.45, 7) is 4.26. The predicted octanol–water partition coefficient (Wildman–Crippen LogP) is 3.41. The van der Waals surface area contributed by atoms with E-state index in [-0.39, 0.29) is 18.9 Å². The molecule has 2 aromatic carbocycles. The number of methoxy groups -OCH3 is 1. The van der Waals surface area contributed by atoms with Gasteiger partial charge < -0.3 is 9.30 Å². The summed E-state index contributed by atoms with van der Waals surface area (Å²) in [4.78, 5) is 29.2. The molecule has 5 nitrogen and oxygen atoms in total. The fourth-order valence-electron chi connectivity index (χ4n) is 2.95. The first-order valence-corrected chi connectivity index (χ1v) is 9.53. The maximum atomic E-state index is 12.6. The minimum atomic E-state index is -0.414. The first-order valence-electron chi connectivity index (χ1n) is 8.71. The fraction of sp³-hybridized carbons (Fsp3) is 0.227. The lowest BCUT2D eigenvalue weighted by molar-refractivity contribution is -0.117. The Morgan fingerprint density at radius 1 is 1.21 bits per heavy atom. The number of nitrogens with zero attached hydrogens (tertiary/aromatic N) is 2. The first kappa shape index (κ1) is 19.6. The Morgan fingerprint density at radius 2 is 2.00 bits per heavy atom. The van der Waals surface area contributed by atoms with Gasteiger partial charge in [0.25, 0.3) is 5.91 Å². The zero-order valence-electron chi connectivity index (χ0n) is 16.0. The van der Waals surface area contributed by atoms with Crippen LogP contribution in [-0.2, 0) is 22.5 Å². The van der Waals surface area contributed by atoms with Gasteiger partial charge in [0.1, 0.15) is 0 Å². The van der Waals surface area contributed by atoms with Crippen LogP contribution in [0.2, 0.25) is 0 Å². The number of esters is 1. The Balaban J connectivity index is 2.03. The standard InChI is InChI=1S/C22H20N2O3S/c1-5-10-24-18-9-8-16(21(26)27-4)12-19(18)28-22(24)23-20(25)13-17-11-14(2)6-7-15(17)3/h1,6-9,11-12H,10,13H2,2-4H3. The Morgan fingerprint density at radius 3 is 2.71 bits per heavy atom. The van der Waals surface area contributed by atoms with Gasteiger partial charge in [0, 0.05) is 0 Å². The smallest absolute Gasteiger partial charge is 0.337 e. The molecule has 0 bridgehead atoms. The molecule has 0 saturated carbocycles. The summed E-state index contributed by atoms with van der Waals surface area (Å²) < 4.78 is 7.39. The van der Waals surface area contributed by atoms with Crippen molar-refractivity contribution in [2.24, 2.45) is 4.99 Å². The van der Waals surface area contributed by atoms with Crippen molar-refractivity contribution in [3.63, 3.8) is 0 Å². The van der Waals surface area contributed by atoms with Gasteiger partial charge in [0.2, 0.25) is 0 Å². The molecule has 3 aromatic rings. The van der Waals surface area contributed by atoms with E-state index in [9.17, 15) is 9.59 Å².